The predicted molar refractivity (Wildman–Crippen MR) is 108 cm³/mol. The molecule has 1 saturated heterocycles. The molecular weight excluding hydrogens is 378 g/mol. The number of benzene rings is 2. The Bertz CT molecular complexity index is 754. The van der Waals surface area contributed by atoms with Crippen LogP contribution < -0.4 is 10.2 Å². The molecule has 5 heteroatoms. The van der Waals surface area contributed by atoms with Gasteiger partial charge in [-0.2, -0.15) is 0 Å². The zero-order chi connectivity index (χ0) is 17.8. The van der Waals surface area contributed by atoms with Gasteiger partial charge in [0.25, 0.3) is 5.91 Å². The van der Waals surface area contributed by atoms with E-state index >= 15 is 0 Å². The normalized spacial score (nSPS) is 15.2. The molecule has 0 aliphatic carbocycles. The van der Waals surface area contributed by atoms with Crippen molar-refractivity contribution in [1.29, 1.82) is 0 Å². The molecule has 2 aromatic carbocycles. The van der Waals surface area contributed by atoms with E-state index in [4.69, 9.17) is 0 Å². The highest BCUT2D eigenvalue weighted by atomic mass is 79.9. The Balaban J connectivity index is 1.69. The van der Waals surface area contributed by atoms with Crippen LogP contribution in [0.3, 0.4) is 0 Å². The molecule has 1 N–H and O–H groups in total. The van der Waals surface area contributed by atoms with Crippen molar-refractivity contribution >= 4 is 33.2 Å². The lowest BCUT2D eigenvalue weighted by Crippen LogP contribution is -2.46. The summed E-state index contributed by atoms with van der Waals surface area (Å²) in [6.45, 7) is 9.76. The lowest BCUT2D eigenvalue weighted by atomic mass is 10.1. The second-order valence-corrected chi connectivity index (χ2v) is 7.30. The number of hydrogen-bond acceptors (Lipinski definition) is 3. The molecule has 3 rings (SSSR count). The van der Waals surface area contributed by atoms with E-state index in [1.807, 2.05) is 30.3 Å². The van der Waals surface area contributed by atoms with Crippen LogP contribution in [0, 0.1) is 6.92 Å². The van der Waals surface area contributed by atoms with Gasteiger partial charge in [0, 0.05) is 47.6 Å². The van der Waals surface area contributed by atoms with Crippen LogP contribution in [0.25, 0.3) is 0 Å². The number of carbonyl (C=O) groups is 1. The Labute approximate surface area is 158 Å². The first-order valence-electron chi connectivity index (χ1n) is 8.71. The van der Waals surface area contributed by atoms with Gasteiger partial charge in [-0.3, -0.25) is 4.79 Å². The molecule has 0 unspecified atom stereocenters. The molecule has 0 atom stereocenters. The van der Waals surface area contributed by atoms with E-state index in [0.29, 0.717) is 5.56 Å². The Morgan fingerprint density at radius 1 is 1.12 bits per heavy atom. The Hall–Kier alpha value is -1.85. The number of hydrogen-bond donors (Lipinski definition) is 1. The largest absolute Gasteiger partial charge is 0.369 e. The van der Waals surface area contributed by atoms with Crippen molar-refractivity contribution in [2.45, 2.75) is 13.8 Å². The van der Waals surface area contributed by atoms with Gasteiger partial charge >= 0.3 is 0 Å². The van der Waals surface area contributed by atoms with Crippen molar-refractivity contribution in [3.8, 4) is 0 Å². The second-order valence-electron chi connectivity index (χ2n) is 6.39. The Morgan fingerprint density at radius 3 is 2.52 bits per heavy atom. The molecule has 0 aromatic heterocycles. The highest BCUT2D eigenvalue weighted by Gasteiger charge is 2.17. The third-order valence-electron chi connectivity index (χ3n) is 4.70. The summed E-state index contributed by atoms with van der Waals surface area (Å²) in [4.78, 5) is 17.3. The highest BCUT2D eigenvalue weighted by molar-refractivity contribution is 9.10. The van der Waals surface area contributed by atoms with Crippen LogP contribution in [0.4, 0.5) is 11.4 Å². The average Bonchev–Trinajstić information content (AvgIpc) is 2.62. The summed E-state index contributed by atoms with van der Waals surface area (Å²) in [5, 5.41) is 2.99. The zero-order valence-corrected chi connectivity index (χ0v) is 16.3. The fourth-order valence-corrected chi connectivity index (χ4v) is 3.63. The smallest absolute Gasteiger partial charge is 0.255 e. The van der Waals surface area contributed by atoms with Crippen molar-refractivity contribution in [2.24, 2.45) is 0 Å². The van der Waals surface area contributed by atoms with Gasteiger partial charge in [0.1, 0.15) is 0 Å². The SMILES string of the molecule is CCN1CCN(c2ccc(NC(=O)c3cccc(Br)c3)cc2C)CC1. The minimum absolute atomic E-state index is 0.0926. The number of piperazine rings is 1. The van der Waals surface area contributed by atoms with Gasteiger partial charge in [0.15, 0.2) is 0 Å². The molecule has 0 spiro atoms. The van der Waals surface area contributed by atoms with Crippen LogP contribution >= 0.6 is 15.9 Å². The van der Waals surface area contributed by atoms with Crippen LogP contribution in [-0.4, -0.2) is 43.5 Å². The maximum atomic E-state index is 12.4. The maximum Gasteiger partial charge on any atom is 0.255 e. The molecule has 0 radical (unpaired) electrons. The van der Waals surface area contributed by atoms with Crippen LogP contribution in [0.1, 0.15) is 22.8 Å². The van der Waals surface area contributed by atoms with E-state index < -0.39 is 0 Å². The quantitative estimate of drug-likeness (QED) is 0.835. The average molecular weight is 402 g/mol. The van der Waals surface area contributed by atoms with Crippen molar-refractivity contribution in [3.63, 3.8) is 0 Å². The zero-order valence-electron chi connectivity index (χ0n) is 14.8. The predicted octanol–water partition coefficient (Wildman–Crippen LogP) is 4.15. The fourth-order valence-electron chi connectivity index (χ4n) is 3.23. The van der Waals surface area contributed by atoms with Gasteiger partial charge < -0.3 is 15.1 Å². The molecule has 0 saturated carbocycles. The van der Waals surface area contributed by atoms with Gasteiger partial charge in [0.05, 0.1) is 0 Å². The molecule has 132 valence electrons. The van der Waals surface area contributed by atoms with E-state index in [2.05, 4.69) is 57.0 Å². The molecule has 1 heterocycles. The minimum atomic E-state index is -0.0926. The van der Waals surface area contributed by atoms with Crippen LogP contribution in [0.15, 0.2) is 46.9 Å². The highest BCUT2D eigenvalue weighted by Crippen LogP contribution is 2.25. The van der Waals surface area contributed by atoms with Crippen molar-refractivity contribution in [3.05, 3.63) is 58.1 Å². The Kier molecular flexibility index (Phi) is 5.76. The number of nitrogens with one attached hydrogen (secondary N) is 1. The van der Waals surface area contributed by atoms with Crippen molar-refractivity contribution < 1.29 is 4.79 Å². The molecule has 1 aliphatic heterocycles. The Morgan fingerprint density at radius 2 is 1.88 bits per heavy atom. The molecule has 25 heavy (non-hydrogen) atoms. The third kappa shape index (κ3) is 4.41. The number of anilines is 2. The number of aryl methyl sites for hydroxylation is 1. The molecule has 1 amide bonds. The summed E-state index contributed by atoms with van der Waals surface area (Å²) in [6, 6.07) is 13.6. The van der Waals surface area contributed by atoms with Gasteiger partial charge in [-0.1, -0.05) is 28.9 Å². The summed E-state index contributed by atoms with van der Waals surface area (Å²) in [7, 11) is 0. The van der Waals surface area contributed by atoms with E-state index in [0.717, 1.165) is 42.9 Å². The maximum absolute atomic E-state index is 12.4. The number of amides is 1. The van der Waals surface area contributed by atoms with E-state index in [1.165, 1.54) is 11.3 Å². The standard InChI is InChI=1S/C20H24BrN3O/c1-3-23-9-11-24(12-10-23)19-8-7-18(13-15(19)2)22-20(25)16-5-4-6-17(21)14-16/h4-8,13-14H,3,9-12H2,1-2H3,(H,22,25). The van der Waals surface area contributed by atoms with E-state index in [1.54, 1.807) is 0 Å². The van der Waals surface area contributed by atoms with Gasteiger partial charge in [-0.15, -0.1) is 0 Å². The lowest BCUT2D eigenvalue weighted by Gasteiger charge is -2.36. The molecule has 2 aromatic rings. The summed E-state index contributed by atoms with van der Waals surface area (Å²) in [5.41, 5.74) is 3.93. The fraction of sp³-hybridized carbons (Fsp3) is 0.350. The first-order chi connectivity index (χ1) is 12.1. The summed E-state index contributed by atoms with van der Waals surface area (Å²) < 4.78 is 0.901. The number of nitrogens with zero attached hydrogens (tertiary/aromatic N) is 2. The summed E-state index contributed by atoms with van der Waals surface area (Å²) >= 11 is 3.40. The molecule has 0 bridgehead atoms. The number of likely N-dealkylation sites (N-methyl/N-ethyl adjacent to an activating group) is 1. The summed E-state index contributed by atoms with van der Waals surface area (Å²) in [5.74, 6) is -0.0926. The number of halogens is 1. The molecule has 4 nitrogen and oxygen atoms in total. The topological polar surface area (TPSA) is 35.6 Å². The number of carbonyl (C=O) groups excluding carboxylic acids is 1. The first-order valence-corrected chi connectivity index (χ1v) is 9.51. The first kappa shape index (κ1) is 18.0. The molecule has 1 aliphatic rings. The van der Waals surface area contributed by atoms with Crippen LogP contribution in [0.2, 0.25) is 0 Å². The molecular formula is C20H24BrN3O. The third-order valence-corrected chi connectivity index (χ3v) is 5.19. The van der Waals surface area contributed by atoms with Crippen molar-refractivity contribution in [2.75, 3.05) is 42.9 Å². The molecule has 1 fully saturated rings. The van der Waals surface area contributed by atoms with Crippen LogP contribution in [0.5, 0.6) is 0 Å². The van der Waals surface area contributed by atoms with Crippen molar-refractivity contribution in [1.82, 2.24) is 4.90 Å². The lowest BCUT2D eigenvalue weighted by molar-refractivity contribution is 0.102. The van der Waals surface area contributed by atoms with E-state index in [-0.39, 0.29) is 5.91 Å². The van der Waals surface area contributed by atoms with Gasteiger partial charge in [0.2, 0.25) is 0 Å². The summed E-state index contributed by atoms with van der Waals surface area (Å²) in [6.07, 6.45) is 0. The van der Waals surface area contributed by atoms with Crippen LogP contribution in [-0.2, 0) is 0 Å². The van der Waals surface area contributed by atoms with E-state index in [9.17, 15) is 4.79 Å². The van der Waals surface area contributed by atoms with Gasteiger partial charge in [-0.25, -0.2) is 0 Å². The van der Waals surface area contributed by atoms with Gasteiger partial charge in [-0.05, 0) is 55.4 Å². The minimum Gasteiger partial charge on any atom is -0.369 e. The monoisotopic (exact) mass is 401 g/mol. The second kappa shape index (κ2) is 8.02. The number of rotatable bonds is 4.